The Morgan fingerprint density at radius 1 is 1.00 bits per heavy atom. The highest BCUT2D eigenvalue weighted by Gasteiger charge is 2.42. The van der Waals surface area contributed by atoms with Crippen LogP contribution < -0.4 is 5.32 Å². The molecule has 28 heavy (non-hydrogen) atoms. The van der Waals surface area contributed by atoms with Gasteiger partial charge in [0, 0.05) is 30.7 Å². The van der Waals surface area contributed by atoms with Crippen LogP contribution in [0.3, 0.4) is 0 Å². The van der Waals surface area contributed by atoms with E-state index in [0.29, 0.717) is 6.42 Å². The van der Waals surface area contributed by atoms with Gasteiger partial charge in [0.2, 0.25) is 5.91 Å². The Morgan fingerprint density at radius 3 is 2.36 bits per heavy atom. The summed E-state index contributed by atoms with van der Waals surface area (Å²) < 4.78 is 2.30. The van der Waals surface area contributed by atoms with Gasteiger partial charge in [0.15, 0.2) is 0 Å². The van der Waals surface area contributed by atoms with Gasteiger partial charge in [-0.25, -0.2) is 0 Å². The van der Waals surface area contributed by atoms with Crippen molar-refractivity contribution >= 4 is 16.8 Å². The number of benzene rings is 2. The summed E-state index contributed by atoms with van der Waals surface area (Å²) in [5.74, 6) is 0.180. The van der Waals surface area contributed by atoms with Crippen LogP contribution in [-0.2, 0) is 17.8 Å². The molecule has 4 nitrogen and oxygen atoms in total. The molecule has 4 heteroatoms. The topological polar surface area (TPSA) is 37.3 Å². The number of carbonyl (C=O) groups excluding carboxylic acids is 1. The number of rotatable bonds is 4. The lowest BCUT2D eigenvalue weighted by atomic mass is 9.92. The Bertz CT molecular complexity index is 984. The number of hydrogen-bond donors (Lipinski definition) is 1. The first-order chi connectivity index (χ1) is 13.3. The quantitative estimate of drug-likeness (QED) is 0.747. The largest absolute Gasteiger partial charge is 0.343 e. The number of hydrogen-bond acceptors (Lipinski definition) is 2. The molecule has 1 fully saturated rings. The van der Waals surface area contributed by atoms with E-state index < -0.39 is 0 Å². The van der Waals surface area contributed by atoms with Gasteiger partial charge in [-0.3, -0.25) is 10.1 Å². The fourth-order valence-electron chi connectivity index (χ4n) is 4.34. The number of aromatic nitrogens is 1. The summed E-state index contributed by atoms with van der Waals surface area (Å²) >= 11 is 0. The summed E-state index contributed by atoms with van der Waals surface area (Å²) in [7, 11) is 1.91. The fraction of sp³-hybridized carbons (Fsp3) is 0.375. The summed E-state index contributed by atoms with van der Waals surface area (Å²) in [4.78, 5) is 14.7. The minimum absolute atomic E-state index is 0.000465. The molecular weight excluding hydrogens is 346 g/mol. The van der Waals surface area contributed by atoms with Crippen molar-refractivity contribution in [2.24, 2.45) is 5.41 Å². The summed E-state index contributed by atoms with van der Waals surface area (Å²) in [5.41, 5.74) is 3.71. The van der Waals surface area contributed by atoms with Gasteiger partial charge in [0.25, 0.3) is 0 Å². The maximum Gasteiger partial charge on any atom is 0.241 e. The van der Waals surface area contributed by atoms with Crippen molar-refractivity contribution in [1.29, 1.82) is 0 Å². The highest BCUT2D eigenvalue weighted by atomic mass is 16.2. The standard InChI is InChI=1S/C24H29N3O/c1-24(2,3)23-25-20(22(28)26(23)4)14-18-16-27(15-17-10-6-5-7-11-17)21-13-9-8-12-19(18)21/h5-13,16,20,23,25H,14-15H2,1-4H3/t20-,23?/m0/s1. The van der Waals surface area contributed by atoms with Gasteiger partial charge in [-0.15, -0.1) is 0 Å². The molecule has 3 aromatic rings. The maximum absolute atomic E-state index is 12.9. The van der Waals surface area contributed by atoms with Crippen molar-refractivity contribution < 1.29 is 4.79 Å². The molecule has 1 N–H and O–H groups in total. The average Bonchev–Trinajstić information content (AvgIpc) is 3.15. The highest BCUT2D eigenvalue weighted by Crippen LogP contribution is 2.29. The van der Waals surface area contributed by atoms with Crippen LogP contribution in [0.25, 0.3) is 10.9 Å². The van der Waals surface area contributed by atoms with Gasteiger partial charge in [-0.05, 0) is 29.0 Å². The predicted octanol–water partition coefficient (Wildman–Crippen LogP) is 4.03. The van der Waals surface area contributed by atoms with E-state index in [4.69, 9.17) is 0 Å². The van der Waals surface area contributed by atoms with Gasteiger partial charge < -0.3 is 9.47 Å². The molecular formula is C24H29N3O. The van der Waals surface area contributed by atoms with Crippen LogP contribution in [0.15, 0.2) is 60.8 Å². The van der Waals surface area contributed by atoms with Crippen molar-refractivity contribution in [3.05, 3.63) is 71.9 Å². The molecule has 0 aliphatic carbocycles. The number of para-hydroxylation sites is 1. The predicted molar refractivity (Wildman–Crippen MR) is 114 cm³/mol. The number of carbonyl (C=O) groups is 1. The number of nitrogens with zero attached hydrogens (tertiary/aromatic N) is 2. The first-order valence-electron chi connectivity index (χ1n) is 9.98. The van der Waals surface area contributed by atoms with Crippen LogP contribution in [-0.4, -0.2) is 34.6 Å². The van der Waals surface area contributed by atoms with E-state index in [2.05, 4.69) is 85.4 Å². The van der Waals surface area contributed by atoms with Crippen LogP contribution >= 0.6 is 0 Å². The average molecular weight is 376 g/mol. The summed E-state index contributed by atoms with van der Waals surface area (Å²) in [5, 5.41) is 4.80. The molecule has 0 bridgehead atoms. The monoisotopic (exact) mass is 375 g/mol. The number of amides is 1. The van der Waals surface area contributed by atoms with Gasteiger partial charge in [0.05, 0.1) is 12.2 Å². The molecule has 2 atom stereocenters. The van der Waals surface area contributed by atoms with E-state index in [1.54, 1.807) is 0 Å². The minimum atomic E-state index is -0.176. The number of fused-ring (bicyclic) bond motifs is 1. The maximum atomic E-state index is 12.9. The van der Waals surface area contributed by atoms with E-state index in [9.17, 15) is 4.79 Å². The summed E-state index contributed by atoms with van der Waals surface area (Å²) in [6.45, 7) is 7.34. The fourth-order valence-corrected chi connectivity index (χ4v) is 4.34. The van der Waals surface area contributed by atoms with Crippen LogP contribution in [0.1, 0.15) is 31.9 Å². The molecule has 1 aliphatic rings. The van der Waals surface area contributed by atoms with Gasteiger partial charge in [-0.1, -0.05) is 69.3 Å². The molecule has 2 heterocycles. The van der Waals surface area contributed by atoms with E-state index >= 15 is 0 Å². The molecule has 0 radical (unpaired) electrons. The smallest absolute Gasteiger partial charge is 0.241 e. The third kappa shape index (κ3) is 3.45. The first kappa shape index (κ1) is 18.8. The lowest BCUT2D eigenvalue weighted by molar-refractivity contribution is -0.129. The highest BCUT2D eigenvalue weighted by molar-refractivity contribution is 5.88. The zero-order valence-corrected chi connectivity index (χ0v) is 17.1. The second-order valence-electron chi connectivity index (χ2n) is 8.93. The Balaban J connectivity index is 1.64. The van der Waals surface area contributed by atoms with E-state index in [1.165, 1.54) is 22.0 Å². The molecule has 1 aliphatic heterocycles. The molecule has 2 aromatic carbocycles. The number of likely N-dealkylation sites (N-methyl/N-ethyl adjacent to an activating group) is 1. The third-order valence-electron chi connectivity index (χ3n) is 5.70. The molecule has 0 spiro atoms. The van der Waals surface area contributed by atoms with Gasteiger partial charge in [0.1, 0.15) is 0 Å². The van der Waals surface area contributed by atoms with Crippen LogP contribution in [0.2, 0.25) is 0 Å². The van der Waals surface area contributed by atoms with E-state index in [0.717, 1.165) is 6.54 Å². The lowest BCUT2D eigenvalue weighted by Gasteiger charge is -2.32. The second kappa shape index (κ2) is 7.10. The molecule has 4 rings (SSSR count). The number of nitrogens with one attached hydrogen (secondary N) is 1. The zero-order valence-electron chi connectivity index (χ0n) is 17.1. The van der Waals surface area contributed by atoms with Crippen LogP contribution in [0, 0.1) is 5.41 Å². The molecule has 1 aromatic heterocycles. The van der Waals surface area contributed by atoms with E-state index in [-0.39, 0.29) is 23.5 Å². The van der Waals surface area contributed by atoms with Gasteiger partial charge >= 0.3 is 0 Å². The van der Waals surface area contributed by atoms with Crippen molar-refractivity contribution in [3.63, 3.8) is 0 Å². The Hall–Kier alpha value is -2.59. The normalized spacial score (nSPS) is 20.3. The zero-order chi connectivity index (χ0) is 19.9. The summed E-state index contributed by atoms with van der Waals surface area (Å²) in [6, 6.07) is 18.8. The molecule has 1 unspecified atom stereocenters. The van der Waals surface area contributed by atoms with Crippen LogP contribution in [0.4, 0.5) is 0 Å². The molecule has 1 amide bonds. The molecule has 0 saturated carbocycles. The molecule has 1 saturated heterocycles. The minimum Gasteiger partial charge on any atom is -0.343 e. The van der Waals surface area contributed by atoms with Crippen molar-refractivity contribution in [2.45, 2.75) is 45.9 Å². The Morgan fingerprint density at radius 2 is 1.68 bits per heavy atom. The van der Waals surface area contributed by atoms with E-state index in [1.807, 2.05) is 18.0 Å². The second-order valence-corrected chi connectivity index (χ2v) is 8.93. The van der Waals surface area contributed by atoms with Crippen molar-refractivity contribution in [1.82, 2.24) is 14.8 Å². The summed E-state index contributed by atoms with van der Waals surface area (Å²) in [6.07, 6.45) is 2.98. The van der Waals surface area contributed by atoms with Crippen molar-refractivity contribution in [2.75, 3.05) is 7.05 Å². The van der Waals surface area contributed by atoms with Crippen LogP contribution in [0.5, 0.6) is 0 Å². The lowest BCUT2D eigenvalue weighted by Crippen LogP contribution is -2.45. The molecule has 146 valence electrons. The van der Waals surface area contributed by atoms with Crippen molar-refractivity contribution in [3.8, 4) is 0 Å². The SMILES string of the molecule is CN1C(=O)[C@H](Cc2cn(Cc3ccccc3)c3ccccc23)NC1C(C)(C)C. The first-order valence-corrected chi connectivity index (χ1v) is 9.98. The van der Waals surface area contributed by atoms with Gasteiger partial charge in [-0.2, -0.15) is 0 Å². The third-order valence-corrected chi connectivity index (χ3v) is 5.70. The Kier molecular flexibility index (Phi) is 4.76. The Labute approximate surface area is 167 Å².